The number of carbonyl (C=O) groups excluding carboxylic acids is 1. The van der Waals surface area contributed by atoms with Crippen molar-refractivity contribution in [2.45, 2.75) is 46.0 Å². The molecule has 0 bridgehead atoms. The Morgan fingerprint density at radius 1 is 1.29 bits per heavy atom. The van der Waals surface area contributed by atoms with Crippen molar-refractivity contribution in [2.24, 2.45) is 5.41 Å². The van der Waals surface area contributed by atoms with Crippen LogP contribution >= 0.6 is 0 Å². The van der Waals surface area contributed by atoms with E-state index in [2.05, 4.69) is 6.58 Å². The maximum Gasteiger partial charge on any atom is 0.320 e. The molecule has 0 radical (unpaired) electrons. The Kier molecular flexibility index (Phi) is 6.72. The zero-order chi connectivity index (χ0) is 15.9. The number of likely N-dealkylation sites (tertiary alicyclic amines) is 1. The third-order valence-corrected chi connectivity index (χ3v) is 4.29. The molecule has 5 nitrogen and oxygen atoms in total. The van der Waals surface area contributed by atoms with Gasteiger partial charge in [0.15, 0.2) is 0 Å². The number of amides is 2. The van der Waals surface area contributed by atoms with Crippen LogP contribution in [0.4, 0.5) is 4.79 Å². The van der Waals surface area contributed by atoms with E-state index >= 15 is 0 Å². The van der Waals surface area contributed by atoms with Crippen LogP contribution in [0.25, 0.3) is 0 Å². The lowest BCUT2D eigenvalue weighted by Gasteiger charge is -2.40. The average molecular weight is 296 g/mol. The molecule has 1 heterocycles. The normalized spacial score (nSPS) is 17.3. The van der Waals surface area contributed by atoms with Gasteiger partial charge in [-0.05, 0) is 25.7 Å². The maximum absolute atomic E-state index is 12.5. The highest BCUT2D eigenvalue weighted by Gasteiger charge is 2.41. The Morgan fingerprint density at radius 3 is 2.33 bits per heavy atom. The highest BCUT2D eigenvalue weighted by molar-refractivity contribution is 5.77. The molecule has 1 N–H and O–H groups in total. The topological polar surface area (TPSA) is 60.9 Å². The quantitative estimate of drug-likeness (QED) is 0.735. The second-order valence-corrected chi connectivity index (χ2v) is 5.84. The molecule has 0 aliphatic carbocycles. The van der Waals surface area contributed by atoms with E-state index in [4.69, 9.17) is 0 Å². The Balaban J connectivity index is 2.67. The van der Waals surface area contributed by atoms with E-state index in [1.54, 1.807) is 15.9 Å². The minimum Gasteiger partial charge on any atom is -0.481 e. The van der Waals surface area contributed by atoms with Gasteiger partial charge in [-0.25, -0.2) is 4.79 Å². The van der Waals surface area contributed by atoms with Crippen LogP contribution in [0.1, 0.15) is 46.0 Å². The molecule has 0 aromatic carbocycles. The minimum atomic E-state index is -0.715. The Morgan fingerprint density at radius 2 is 1.90 bits per heavy atom. The molecule has 0 unspecified atom stereocenters. The van der Waals surface area contributed by atoms with Gasteiger partial charge in [0.25, 0.3) is 0 Å². The summed E-state index contributed by atoms with van der Waals surface area (Å²) in [5.74, 6) is -0.715. The van der Waals surface area contributed by atoms with Crippen molar-refractivity contribution < 1.29 is 14.7 Å². The molecule has 1 saturated heterocycles. The lowest BCUT2D eigenvalue weighted by molar-refractivity contribution is -0.152. The fraction of sp³-hybridized carbons (Fsp3) is 0.750. The molecule has 1 aliphatic heterocycles. The minimum absolute atomic E-state index is 0.00670. The van der Waals surface area contributed by atoms with Crippen molar-refractivity contribution >= 4 is 12.0 Å². The molecule has 1 rings (SSSR count). The summed E-state index contributed by atoms with van der Waals surface area (Å²) in [5.41, 5.74) is -0.639. The Labute approximate surface area is 127 Å². The number of hydrogen-bond donors (Lipinski definition) is 1. The molecule has 5 heteroatoms. The third-order valence-electron chi connectivity index (χ3n) is 4.29. The average Bonchev–Trinajstić information content (AvgIpc) is 2.47. The number of rotatable bonds is 7. The van der Waals surface area contributed by atoms with Gasteiger partial charge in [0.2, 0.25) is 0 Å². The number of piperidine rings is 1. The lowest BCUT2D eigenvalue weighted by Crippen LogP contribution is -2.51. The molecule has 0 atom stereocenters. The van der Waals surface area contributed by atoms with Gasteiger partial charge in [-0.15, -0.1) is 6.58 Å². The molecule has 0 aromatic rings. The van der Waals surface area contributed by atoms with Gasteiger partial charge < -0.3 is 14.9 Å². The first-order valence-corrected chi connectivity index (χ1v) is 7.89. The molecule has 0 saturated carbocycles. The number of carboxylic acids is 1. The summed E-state index contributed by atoms with van der Waals surface area (Å²) in [4.78, 5) is 27.6. The summed E-state index contributed by atoms with van der Waals surface area (Å²) in [6.45, 7) is 10.1. The first-order valence-electron chi connectivity index (χ1n) is 7.89. The van der Waals surface area contributed by atoms with Crippen molar-refractivity contribution in [1.29, 1.82) is 0 Å². The first-order chi connectivity index (χ1) is 10.0. The first kappa shape index (κ1) is 17.5. The monoisotopic (exact) mass is 296 g/mol. The van der Waals surface area contributed by atoms with E-state index in [9.17, 15) is 14.7 Å². The second-order valence-electron chi connectivity index (χ2n) is 5.84. The standard InChI is InChI=1S/C16H28N2O3/c1-4-7-16(14(19)20)8-12-18(13-9-16)15(21)17(10-5-2)11-6-3/h5H,2,4,6-13H2,1,3H3,(H,19,20). The fourth-order valence-electron chi connectivity index (χ4n) is 3.07. The van der Waals surface area contributed by atoms with E-state index in [1.165, 1.54) is 0 Å². The highest BCUT2D eigenvalue weighted by Crippen LogP contribution is 2.36. The van der Waals surface area contributed by atoms with Gasteiger partial charge in [-0.1, -0.05) is 26.3 Å². The van der Waals surface area contributed by atoms with Crippen molar-refractivity contribution in [1.82, 2.24) is 9.80 Å². The van der Waals surface area contributed by atoms with Crippen molar-refractivity contribution in [2.75, 3.05) is 26.2 Å². The van der Waals surface area contributed by atoms with E-state index in [1.807, 2.05) is 13.8 Å². The van der Waals surface area contributed by atoms with Crippen LogP contribution < -0.4 is 0 Å². The SMILES string of the molecule is C=CCN(CCC)C(=O)N1CCC(CCC)(C(=O)O)CC1. The van der Waals surface area contributed by atoms with E-state index in [0.29, 0.717) is 45.4 Å². The van der Waals surface area contributed by atoms with Gasteiger partial charge in [0.1, 0.15) is 0 Å². The summed E-state index contributed by atoms with van der Waals surface area (Å²) in [7, 11) is 0. The largest absolute Gasteiger partial charge is 0.481 e. The molecular weight excluding hydrogens is 268 g/mol. The van der Waals surface area contributed by atoms with Gasteiger partial charge in [-0.3, -0.25) is 4.79 Å². The lowest BCUT2D eigenvalue weighted by atomic mass is 9.75. The smallest absolute Gasteiger partial charge is 0.320 e. The number of carbonyl (C=O) groups is 2. The third kappa shape index (κ3) is 4.22. The van der Waals surface area contributed by atoms with Crippen LogP contribution in [0.15, 0.2) is 12.7 Å². The number of aliphatic carboxylic acids is 1. The van der Waals surface area contributed by atoms with E-state index in [-0.39, 0.29) is 6.03 Å². The summed E-state index contributed by atoms with van der Waals surface area (Å²) in [5, 5.41) is 9.50. The molecule has 1 fully saturated rings. The van der Waals surface area contributed by atoms with Crippen LogP contribution in [0.5, 0.6) is 0 Å². The summed E-state index contributed by atoms with van der Waals surface area (Å²) in [6.07, 6.45) is 5.29. The maximum atomic E-state index is 12.5. The molecule has 0 spiro atoms. The highest BCUT2D eigenvalue weighted by atomic mass is 16.4. The molecular formula is C16H28N2O3. The van der Waals surface area contributed by atoms with Crippen molar-refractivity contribution in [3.63, 3.8) is 0 Å². The number of hydrogen-bond acceptors (Lipinski definition) is 2. The molecule has 2 amide bonds. The molecule has 0 aromatic heterocycles. The number of nitrogens with zero attached hydrogens (tertiary/aromatic N) is 2. The van der Waals surface area contributed by atoms with Gasteiger partial charge >= 0.3 is 12.0 Å². The van der Waals surface area contributed by atoms with Gasteiger partial charge in [-0.2, -0.15) is 0 Å². The van der Waals surface area contributed by atoms with Crippen LogP contribution in [0.2, 0.25) is 0 Å². The predicted molar refractivity (Wildman–Crippen MR) is 83.2 cm³/mol. The number of urea groups is 1. The van der Waals surface area contributed by atoms with Crippen molar-refractivity contribution in [3.8, 4) is 0 Å². The van der Waals surface area contributed by atoms with Gasteiger partial charge in [0.05, 0.1) is 5.41 Å². The van der Waals surface area contributed by atoms with Crippen LogP contribution in [0, 0.1) is 5.41 Å². The molecule has 120 valence electrons. The van der Waals surface area contributed by atoms with Gasteiger partial charge in [0, 0.05) is 26.2 Å². The summed E-state index contributed by atoms with van der Waals surface area (Å²) < 4.78 is 0. The van der Waals surface area contributed by atoms with Crippen molar-refractivity contribution in [3.05, 3.63) is 12.7 Å². The Bertz CT molecular complexity index is 374. The van der Waals surface area contributed by atoms with E-state index in [0.717, 1.165) is 12.8 Å². The van der Waals surface area contributed by atoms with Crippen LogP contribution in [-0.4, -0.2) is 53.1 Å². The summed E-state index contributed by atoms with van der Waals surface area (Å²) in [6, 6.07) is 0.00670. The predicted octanol–water partition coefficient (Wildman–Crippen LogP) is 2.97. The zero-order valence-corrected chi connectivity index (χ0v) is 13.3. The zero-order valence-electron chi connectivity index (χ0n) is 13.3. The Hall–Kier alpha value is -1.52. The molecule has 1 aliphatic rings. The van der Waals surface area contributed by atoms with Crippen LogP contribution in [0.3, 0.4) is 0 Å². The number of carboxylic acid groups (broad SMARTS) is 1. The van der Waals surface area contributed by atoms with Crippen LogP contribution in [-0.2, 0) is 4.79 Å². The second kappa shape index (κ2) is 8.05. The molecule has 21 heavy (non-hydrogen) atoms. The fourth-order valence-corrected chi connectivity index (χ4v) is 3.07. The van der Waals surface area contributed by atoms with E-state index < -0.39 is 11.4 Å². The summed E-state index contributed by atoms with van der Waals surface area (Å²) >= 11 is 0.